The molecule has 8 heteroatoms. The number of hydrogen-bond acceptors (Lipinski definition) is 6. The third-order valence-electron chi connectivity index (χ3n) is 11.6. The topological polar surface area (TPSA) is 58.0 Å². The van der Waals surface area contributed by atoms with E-state index in [0.29, 0.717) is 32.9 Å². The second-order valence-corrected chi connectivity index (χ2v) is 15.0. The highest BCUT2D eigenvalue weighted by Crippen LogP contribution is 2.49. The van der Waals surface area contributed by atoms with E-state index < -0.39 is 11.6 Å². The van der Waals surface area contributed by atoms with Gasteiger partial charge in [0.05, 0.1) is 81.0 Å². The van der Waals surface area contributed by atoms with Gasteiger partial charge >= 0.3 is 0 Å². The van der Waals surface area contributed by atoms with Gasteiger partial charge in [-0.2, -0.15) is 0 Å². The van der Waals surface area contributed by atoms with Gasteiger partial charge in [0.1, 0.15) is 11.6 Å². The standard InChI is InChI=1S/C52H30F2N6/c53-43-25-49(59(35-21-31-9-1-5-13-45(31)55-27-35)36-22-32-10-2-6-14-46(32)56-28-36)41-19-17-40-44(54)26-50(42-20-18-39(43)51(41)52(40)42)60(37-23-33-11-3-7-15-47(33)57-29-37)38-24-34-12-4-8-16-48(34)58-30-38/h1-30H. The number of fused-ring (bicyclic) bond motifs is 4. The zero-order chi connectivity index (χ0) is 39.9. The van der Waals surface area contributed by atoms with Crippen LogP contribution in [0.15, 0.2) is 183 Å². The van der Waals surface area contributed by atoms with Gasteiger partial charge in [0, 0.05) is 53.9 Å². The van der Waals surface area contributed by atoms with Crippen molar-refractivity contribution in [2.75, 3.05) is 9.80 Å². The van der Waals surface area contributed by atoms with Crippen LogP contribution >= 0.6 is 0 Å². The first-order valence-corrected chi connectivity index (χ1v) is 19.6. The predicted octanol–water partition coefficient (Wildman–Crippen LogP) is 14.0. The Balaban J connectivity index is 1.15. The Morgan fingerprint density at radius 2 is 0.600 bits per heavy atom. The van der Waals surface area contributed by atoms with Gasteiger partial charge in [-0.1, -0.05) is 97.1 Å². The minimum atomic E-state index is -0.431. The van der Waals surface area contributed by atoms with E-state index in [0.717, 1.165) is 77.1 Å². The lowest BCUT2D eigenvalue weighted by atomic mass is 9.91. The van der Waals surface area contributed by atoms with Crippen molar-refractivity contribution in [1.82, 2.24) is 19.9 Å². The molecule has 0 atom stereocenters. The summed E-state index contributed by atoms with van der Waals surface area (Å²) in [7, 11) is 0. The van der Waals surface area contributed by atoms with Gasteiger partial charge in [0.2, 0.25) is 0 Å². The van der Waals surface area contributed by atoms with Crippen molar-refractivity contribution < 1.29 is 8.78 Å². The van der Waals surface area contributed by atoms with Gasteiger partial charge < -0.3 is 9.80 Å². The van der Waals surface area contributed by atoms with Crippen LogP contribution in [-0.2, 0) is 0 Å². The summed E-state index contributed by atoms with van der Waals surface area (Å²) in [5.41, 5.74) is 7.43. The zero-order valence-electron chi connectivity index (χ0n) is 31.8. The minimum Gasteiger partial charge on any atom is -0.307 e. The van der Waals surface area contributed by atoms with Gasteiger partial charge in [-0.3, -0.25) is 19.9 Å². The lowest BCUT2D eigenvalue weighted by Crippen LogP contribution is -2.13. The maximum Gasteiger partial charge on any atom is 0.133 e. The number of rotatable bonds is 6. The Kier molecular flexibility index (Phi) is 7.49. The molecule has 0 N–H and O–H groups in total. The number of halogens is 2. The van der Waals surface area contributed by atoms with Gasteiger partial charge in [-0.25, -0.2) is 8.78 Å². The molecular weight excluding hydrogens is 747 g/mol. The molecule has 12 rings (SSSR count). The highest BCUT2D eigenvalue weighted by Gasteiger charge is 2.26. The smallest absolute Gasteiger partial charge is 0.133 e. The number of pyridine rings is 4. The fourth-order valence-corrected chi connectivity index (χ4v) is 8.82. The van der Waals surface area contributed by atoms with E-state index in [1.54, 1.807) is 49.1 Å². The second kappa shape index (κ2) is 13.2. The van der Waals surface area contributed by atoms with Crippen molar-refractivity contribution >= 4 is 110 Å². The molecule has 60 heavy (non-hydrogen) atoms. The first-order chi connectivity index (χ1) is 29.6. The lowest BCUT2D eigenvalue weighted by Gasteiger charge is -2.29. The summed E-state index contributed by atoms with van der Waals surface area (Å²) in [5, 5.41) is 7.24. The van der Waals surface area contributed by atoms with E-state index in [4.69, 9.17) is 19.9 Å². The molecule has 0 aliphatic carbocycles. The fourth-order valence-electron chi connectivity index (χ4n) is 8.82. The molecule has 0 unspecified atom stereocenters. The molecule has 0 fully saturated rings. The summed E-state index contributed by atoms with van der Waals surface area (Å²) >= 11 is 0. The normalized spacial score (nSPS) is 11.8. The molecule has 4 heterocycles. The molecule has 0 saturated heterocycles. The number of anilines is 6. The molecule has 0 aliphatic rings. The third kappa shape index (κ3) is 5.31. The third-order valence-corrected chi connectivity index (χ3v) is 11.6. The van der Waals surface area contributed by atoms with Crippen molar-refractivity contribution in [3.05, 3.63) is 194 Å². The maximum absolute atomic E-state index is 17.0. The van der Waals surface area contributed by atoms with Crippen LogP contribution in [0.25, 0.3) is 75.9 Å². The average Bonchev–Trinajstić information content (AvgIpc) is 3.29. The van der Waals surface area contributed by atoms with E-state index >= 15 is 8.78 Å². The summed E-state index contributed by atoms with van der Waals surface area (Å²) in [4.78, 5) is 23.3. The summed E-state index contributed by atoms with van der Waals surface area (Å²) in [5.74, 6) is -0.862. The Morgan fingerprint density at radius 3 is 0.917 bits per heavy atom. The Hall–Kier alpha value is -8.10. The van der Waals surface area contributed by atoms with Crippen LogP contribution in [0.4, 0.5) is 42.9 Å². The molecule has 8 aromatic carbocycles. The molecule has 0 saturated carbocycles. The highest BCUT2D eigenvalue weighted by molar-refractivity contribution is 6.28. The quantitative estimate of drug-likeness (QED) is 0.157. The molecule has 0 bridgehead atoms. The van der Waals surface area contributed by atoms with Crippen molar-refractivity contribution in [2.24, 2.45) is 0 Å². The first-order valence-electron chi connectivity index (χ1n) is 19.6. The van der Waals surface area contributed by atoms with Crippen molar-refractivity contribution in [3.63, 3.8) is 0 Å². The number of hydrogen-bond donors (Lipinski definition) is 0. The molecule has 0 radical (unpaired) electrons. The van der Waals surface area contributed by atoms with Gasteiger partial charge in [-0.15, -0.1) is 0 Å². The van der Waals surface area contributed by atoms with Crippen LogP contribution in [0.5, 0.6) is 0 Å². The van der Waals surface area contributed by atoms with E-state index in [9.17, 15) is 0 Å². The van der Waals surface area contributed by atoms with Crippen LogP contribution in [0.1, 0.15) is 0 Å². The summed E-state index contributed by atoms with van der Waals surface area (Å²) < 4.78 is 34.0. The first kappa shape index (κ1) is 34.0. The number of benzene rings is 8. The van der Waals surface area contributed by atoms with Crippen LogP contribution < -0.4 is 9.80 Å². The minimum absolute atomic E-state index is 0.392. The average molecular weight is 777 g/mol. The fraction of sp³-hybridized carbons (Fsp3) is 0. The number of aromatic nitrogens is 4. The van der Waals surface area contributed by atoms with E-state index in [1.165, 1.54) is 0 Å². The van der Waals surface area contributed by atoms with Gasteiger partial charge in [0.15, 0.2) is 0 Å². The van der Waals surface area contributed by atoms with Gasteiger partial charge in [-0.05, 0) is 60.7 Å². The highest BCUT2D eigenvalue weighted by atomic mass is 19.1. The SMILES string of the molecule is Fc1cc(N(c2cnc3ccccc3c2)c2cnc3ccccc3c2)c2ccc3c(F)cc(N(c4cnc5ccccc5c4)c4cnc5ccccc5c4)c4ccc1c2c34. The number of para-hydroxylation sites is 4. The molecular formula is C52H30F2N6. The van der Waals surface area contributed by atoms with Gasteiger partial charge in [0.25, 0.3) is 0 Å². The van der Waals surface area contributed by atoms with Crippen LogP contribution in [0.3, 0.4) is 0 Å². The van der Waals surface area contributed by atoms with Crippen molar-refractivity contribution in [2.45, 2.75) is 0 Å². The molecule has 6 nitrogen and oxygen atoms in total. The maximum atomic E-state index is 17.0. The molecule has 12 aromatic rings. The summed E-state index contributed by atoms with van der Waals surface area (Å²) in [6, 6.07) is 50.4. The summed E-state index contributed by atoms with van der Waals surface area (Å²) in [6.45, 7) is 0. The zero-order valence-corrected chi connectivity index (χ0v) is 31.8. The Morgan fingerprint density at radius 1 is 0.317 bits per heavy atom. The largest absolute Gasteiger partial charge is 0.307 e. The number of nitrogens with zero attached hydrogens (tertiary/aromatic N) is 6. The molecule has 0 aliphatic heterocycles. The van der Waals surface area contributed by atoms with Crippen molar-refractivity contribution in [1.29, 1.82) is 0 Å². The lowest BCUT2D eigenvalue weighted by molar-refractivity contribution is 0.639. The Bertz CT molecular complexity index is 3280. The monoisotopic (exact) mass is 776 g/mol. The van der Waals surface area contributed by atoms with Crippen LogP contribution in [-0.4, -0.2) is 19.9 Å². The van der Waals surface area contributed by atoms with Crippen LogP contribution in [0.2, 0.25) is 0 Å². The molecule has 0 spiro atoms. The van der Waals surface area contributed by atoms with E-state index in [-0.39, 0.29) is 0 Å². The molecule has 282 valence electrons. The molecule has 0 amide bonds. The second-order valence-electron chi connectivity index (χ2n) is 15.0. The van der Waals surface area contributed by atoms with E-state index in [1.807, 2.05) is 119 Å². The Labute approximate surface area is 341 Å². The summed E-state index contributed by atoms with van der Waals surface area (Å²) in [6.07, 6.45) is 7.22. The predicted molar refractivity (Wildman–Crippen MR) is 241 cm³/mol. The van der Waals surface area contributed by atoms with E-state index in [2.05, 4.69) is 24.3 Å². The van der Waals surface area contributed by atoms with Crippen molar-refractivity contribution in [3.8, 4) is 0 Å². The molecule has 4 aromatic heterocycles. The van der Waals surface area contributed by atoms with Crippen LogP contribution in [0, 0.1) is 11.6 Å².